The van der Waals surface area contributed by atoms with Crippen LogP contribution >= 0.6 is 0 Å². The summed E-state index contributed by atoms with van der Waals surface area (Å²) in [6.45, 7) is 1.90. The number of ether oxygens (including phenoxy) is 2. The molecule has 0 aromatic heterocycles. The minimum atomic E-state index is -0.736. The number of methoxy groups -OCH3 is 2. The zero-order chi connectivity index (χ0) is 11.4. The first kappa shape index (κ1) is 11.5. The molecule has 0 radical (unpaired) electrons. The molecular weight excluding hydrogens is 194 g/mol. The molecule has 1 aromatic rings. The number of carbonyl (C=O) groups is 1. The predicted molar refractivity (Wildman–Crippen MR) is 56.7 cm³/mol. The average Bonchev–Trinajstić information content (AvgIpc) is 2.26. The van der Waals surface area contributed by atoms with Crippen molar-refractivity contribution in [3.63, 3.8) is 0 Å². The number of nitrogens with two attached hydrogens (primary N) is 1. The smallest absolute Gasteiger partial charge is 0.327 e. The largest absolute Gasteiger partial charge is 0.496 e. The van der Waals surface area contributed by atoms with Crippen molar-refractivity contribution in [1.29, 1.82) is 0 Å². The molecule has 0 aliphatic carbocycles. The molecule has 0 spiro atoms. The van der Waals surface area contributed by atoms with Crippen molar-refractivity contribution >= 4 is 5.97 Å². The highest BCUT2D eigenvalue weighted by Crippen LogP contribution is 2.21. The number of esters is 1. The molecule has 1 rings (SSSR count). The Balaban J connectivity index is 2.97. The van der Waals surface area contributed by atoms with Gasteiger partial charge in [-0.2, -0.15) is 0 Å². The first-order valence-corrected chi connectivity index (χ1v) is 4.58. The standard InChI is InChI=1S/C11H15NO3/c1-7-6-8(4-5-9(7)14-2)10(12)11(13)15-3/h4-6,10H,12H2,1-3H3/t10-/m1/s1. The number of benzene rings is 1. The van der Waals surface area contributed by atoms with E-state index in [1.807, 2.05) is 13.0 Å². The fourth-order valence-electron chi connectivity index (χ4n) is 1.36. The van der Waals surface area contributed by atoms with Crippen LogP contribution < -0.4 is 10.5 Å². The van der Waals surface area contributed by atoms with Gasteiger partial charge in [-0.25, -0.2) is 0 Å². The third-order valence-electron chi connectivity index (χ3n) is 2.23. The molecule has 4 heteroatoms. The third kappa shape index (κ3) is 2.47. The summed E-state index contributed by atoms with van der Waals surface area (Å²) < 4.78 is 9.68. The van der Waals surface area contributed by atoms with Crippen LogP contribution in [-0.2, 0) is 9.53 Å². The molecule has 1 atom stereocenters. The van der Waals surface area contributed by atoms with Crippen LogP contribution in [0.15, 0.2) is 18.2 Å². The number of hydrogen-bond donors (Lipinski definition) is 1. The van der Waals surface area contributed by atoms with Crippen LogP contribution in [0.3, 0.4) is 0 Å². The Labute approximate surface area is 89.0 Å². The van der Waals surface area contributed by atoms with E-state index in [0.29, 0.717) is 0 Å². The Morgan fingerprint density at radius 1 is 1.40 bits per heavy atom. The van der Waals surface area contributed by atoms with E-state index in [0.717, 1.165) is 16.9 Å². The van der Waals surface area contributed by atoms with Crippen molar-refractivity contribution in [3.05, 3.63) is 29.3 Å². The van der Waals surface area contributed by atoms with Crippen molar-refractivity contribution in [2.45, 2.75) is 13.0 Å². The predicted octanol–water partition coefficient (Wildman–Crippen LogP) is 1.18. The maximum Gasteiger partial charge on any atom is 0.327 e. The monoisotopic (exact) mass is 209 g/mol. The van der Waals surface area contributed by atoms with Crippen LogP contribution in [0, 0.1) is 6.92 Å². The Morgan fingerprint density at radius 3 is 2.53 bits per heavy atom. The quantitative estimate of drug-likeness (QED) is 0.759. The van der Waals surface area contributed by atoms with Gasteiger partial charge in [-0.15, -0.1) is 0 Å². The summed E-state index contributed by atoms with van der Waals surface area (Å²) in [7, 11) is 2.92. The molecule has 0 amide bonds. The van der Waals surface area contributed by atoms with Crippen molar-refractivity contribution in [2.75, 3.05) is 14.2 Å². The maximum atomic E-state index is 11.2. The molecule has 0 heterocycles. The second-order valence-electron chi connectivity index (χ2n) is 3.23. The summed E-state index contributed by atoms with van der Waals surface area (Å²) in [6.07, 6.45) is 0. The number of hydrogen-bond acceptors (Lipinski definition) is 4. The van der Waals surface area contributed by atoms with E-state index in [-0.39, 0.29) is 0 Å². The molecule has 0 bridgehead atoms. The molecule has 2 N–H and O–H groups in total. The molecule has 1 aromatic carbocycles. The zero-order valence-corrected chi connectivity index (χ0v) is 9.11. The van der Waals surface area contributed by atoms with Crippen LogP contribution in [0.1, 0.15) is 17.2 Å². The highest BCUT2D eigenvalue weighted by molar-refractivity contribution is 5.77. The molecule has 0 fully saturated rings. The van der Waals surface area contributed by atoms with Crippen LogP contribution in [0.4, 0.5) is 0 Å². The molecule has 0 unspecified atom stereocenters. The Kier molecular flexibility index (Phi) is 3.68. The number of carbonyl (C=O) groups excluding carboxylic acids is 1. The zero-order valence-electron chi connectivity index (χ0n) is 9.11. The lowest BCUT2D eigenvalue weighted by atomic mass is 10.0. The first-order chi connectivity index (χ1) is 7.10. The van der Waals surface area contributed by atoms with Gasteiger partial charge in [-0.3, -0.25) is 4.79 Å². The lowest BCUT2D eigenvalue weighted by Gasteiger charge is -2.11. The van der Waals surface area contributed by atoms with E-state index in [1.54, 1.807) is 19.2 Å². The van der Waals surface area contributed by atoms with Gasteiger partial charge in [0.25, 0.3) is 0 Å². The van der Waals surface area contributed by atoms with Crippen molar-refractivity contribution < 1.29 is 14.3 Å². The van der Waals surface area contributed by atoms with E-state index in [9.17, 15) is 4.79 Å². The van der Waals surface area contributed by atoms with Gasteiger partial charge in [0.2, 0.25) is 0 Å². The summed E-state index contributed by atoms with van der Waals surface area (Å²) in [5.41, 5.74) is 7.36. The fraction of sp³-hybridized carbons (Fsp3) is 0.364. The van der Waals surface area contributed by atoms with Crippen molar-refractivity contribution in [2.24, 2.45) is 5.73 Å². The lowest BCUT2D eigenvalue weighted by molar-refractivity contribution is -0.142. The Morgan fingerprint density at radius 2 is 2.07 bits per heavy atom. The fourth-order valence-corrected chi connectivity index (χ4v) is 1.36. The number of aryl methyl sites for hydroxylation is 1. The summed E-state index contributed by atoms with van der Waals surface area (Å²) in [6, 6.07) is 4.63. The van der Waals surface area contributed by atoms with Crippen molar-refractivity contribution in [3.8, 4) is 5.75 Å². The summed E-state index contributed by atoms with van der Waals surface area (Å²) >= 11 is 0. The molecular formula is C11H15NO3. The van der Waals surface area contributed by atoms with Crippen LogP contribution in [0.5, 0.6) is 5.75 Å². The second kappa shape index (κ2) is 4.79. The highest BCUT2D eigenvalue weighted by atomic mass is 16.5. The summed E-state index contributed by atoms with van der Waals surface area (Å²) in [4.78, 5) is 11.2. The molecule has 0 saturated carbocycles. The molecule has 15 heavy (non-hydrogen) atoms. The SMILES string of the molecule is COC(=O)[C@H](N)c1ccc(OC)c(C)c1. The Hall–Kier alpha value is -1.55. The molecule has 0 aliphatic heterocycles. The highest BCUT2D eigenvalue weighted by Gasteiger charge is 2.16. The van der Waals surface area contributed by atoms with Gasteiger partial charge in [0.15, 0.2) is 0 Å². The van der Waals surface area contributed by atoms with E-state index in [2.05, 4.69) is 4.74 Å². The average molecular weight is 209 g/mol. The summed E-state index contributed by atoms with van der Waals surface area (Å²) in [5, 5.41) is 0. The Bertz CT molecular complexity index is 363. The van der Waals surface area contributed by atoms with Gasteiger partial charge in [0.05, 0.1) is 14.2 Å². The van der Waals surface area contributed by atoms with Gasteiger partial charge in [-0.05, 0) is 24.1 Å². The van der Waals surface area contributed by atoms with Crippen LogP contribution in [0.25, 0.3) is 0 Å². The third-order valence-corrected chi connectivity index (χ3v) is 2.23. The molecule has 0 aliphatic rings. The van der Waals surface area contributed by atoms with E-state index >= 15 is 0 Å². The first-order valence-electron chi connectivity index (χ1n) is 4.58. The van der Waals surface area contributed by atoms with Gasteiger partial charge in [0, 0.05) is 0 Å². The lowest BCUT2D eigenvalue weighted by Crippen LogP contribution is -2.22. The second-order valence-corrected chi connectivity index (χ2v) is 3.23. The maximum absolute atomic E-state index is 11.2. The van der Waals surface area contributed by atoms with Crippen LogP contribution in [0.2, 0.25) is 0 Å². The van der Waals surface area contributed by atoms with Gasteiger partial charge < -0.3 is 15.2 Å². The molecule has 0 saturated heterocycles. The normalized spacial score (nSPS) is 12.0. The van der Waals surface area contributed by atoms with Crippen LogP contribution in [-0.4, -0.2) is 20.2 Å². The molecule has 4 nitrogen and oxygen atoms in total. The topological polar surface area (TPSA) is 61.5 Å². The van der Waals surface area contributed by atoms with Gasteiger partial charge in [-0.1, -0.05) is 12.1 Å². The number of rotatable bonds is 3. The van der Waals surface area contributed by atoms with E-state index < -0.39 is 12.0 Å². The van der Waals surface area contributed by atoms with E-state index in [1.165, 1.54) is 7.11 Å². The van der Waals surface area contributed by atoms with Gasteiger partial charge >= 0.3 is 5.97 Å². The van der Waals surface area contributed by atoms with Gasteiger partial charge in [0.1, 0.15) is 11.8 Å². The minimum absolute atomic E-state index is 0.445. The minimum Gasteiger partial charge on any atom is -0.496 e. The summed E-state index contributed by atoms with van der Waals surface area (Å²) in [5.74, 6) is 0.329. The van der Waals surface area contributed by atoms with E-state index in [4.69, 9.17) is 10.5 Å². The van der Waals surface area contributed by atoms with Crippen molar-refractivity contribution in [1.82, 2.24) is 0 Å². The molecule has 82 valence electrons.